The molecule has 1 aliphatic heterocycles. The second-order valence-electron chi connectivity index (χ2n) is 8.14. The molecule has 0 unspecified atom stereocenters. The highest BCUT2D eigenvalue weighted by Gasteiger charge is 2.33. The van der Waals surface area contributed by atoms with Gasteiger partial charge in [0.1, 0.15) is 11.3 Å². The first-order chi connectivity index (χ1) is 16.0. The number of rotatable bonds is 5. The third-order valence-electron chi connectivity index (χ3n) is 5.59. The fourth-order valence-corrected chi connectivity index (χ4v) is 4.93. The largest absolute Gasteiger partial charge is 0.419 e. The zero-order chi connectivity index (χ0) is 22.9. The number of amides is 1. The normalized spacial score (nSPS) is 16.8. The van der Waals surface area contributed by atoms with Crippen LogP contribution < -0.4 is 5.73 Å². The van der Waals surface area contributed by atoms with Crippen LogP contribution in [-0.2, 0) is 0 Å². The molecule has 1 aliphatic rings. The van der Waals surface area contributed by atoms with Gasteiger partial charge in [0, 0.05) is 46.7 Å². The van der Waals surface area contributed by atoms with Crippen LogP contribution in [0, 0.1) is 6.92 Å². The molecule has 0 saturated carbocycles. The van der Waals surface area contributed by atoms with Gasteiger partial charge in [-0.2, -0.15) is 0 Å². The molecule has 3 aromatic heterocycles. The highest BCUT2D eigenvalue weighted by Crippen LogP contribution is 2.36. The van der Waals surface area contributed by atoms with Crippen molar-refractivity contribution in [3.05, 3.63) is 64.5 Å². The minimum Gasteiger partial charge on any atom is -0.419 e. The summed E-state index contributed by atoms with van der Waals surface area (Å²) in [5.41, 5.74) is 9.61. The van der Waals surface area contributed by atoms with Crippen molar-refractivity contribution in [2.24, 2.45) is 5.73 Å². The summed E-state index contributed by atoms with van der Waals surface area (Å²) in [5.74, 6) is 0.589. The van der Waals surface area contributed by atoms with Crippen molar-refractivity contribution in [1.82, 2.24) is 30.0 Å². The molecule has 1 saturated heterocycles. The standard InChI is InChI=1S/C23H23N7O2S/c1-13-11-33-22(27-13)19-4-3-5-30(19)23(31)17-7-15(18-9-25-12-26-10-18)6-16(8-17)21-29-28-20(32-21)14(2)24/h6-12,14,19H,3-5,24H2,1-2H3/t14-,19+/m0/s1. The summed E-state index contributed by atoms with van der Waals surface area (Å²) in [4.78, 5) is 28.5. The molecule has 9 nitrogen and oxygen atoms in total. The lowest BCUT2D eigenvalue weighted by molar-refractivity contribution is 0.0735. The van der Waals surface area contributed by atoms with E-state index >= 15 is 0 Å². The van der Waals surface area contributed by atoms with Gasteiger partial charge in [-0.25, -0.2) is 15.0 Å². The summed E-state index contributed by atoms with van der Waals surface area (Å²) in [7, 11) is 0. The van der Waals surface area contributed by atoms with E-state index in [1.165, 1.54) is 6.33 Å². The minimum absolute atomic E-state index is 0.0172. The summed E-state index contributed by atoms with van der Waals surface area (Å²) < 4.78 is 5.76. The second kappa shape index (κ2) is 8.80. The van der Waals surface area contributed by atoms with Crippen molar-refractivity contribution < 1.29 is 9.21 Å². The molecule has 0 bridgehead atoms. The fourth-order valence-electron chi connectivity index (χ4n) is 3.98. The number of aromatic nitrogens is 5. The van der Waals surface area contributed by atoms with E-state index in [2.05, 4.69) is 25.1 Å². The average Bonchev–Trinajstić information content (AvgIpc) is 3.59. The maximum absolute atomic E-state index is 13.7. The van der Waals surface area contributed by atoms with Crippen molar-refractivity contribution >= 4 is 17.2 Å². The van der Waals surface area contributed by atoms with Crippen molar-refractivity contribution in [2.75, 3.05) is 6.54 Å². The van der Waals surface area contributed by atoms with Crippen molar-refractivity contribution in [3.63, 3.8) is 0 Å². The fraction of sp³-hybridized carbons (Fsp3) is 0.304. The maximum Gasteiger partial charge on any atom is 0.254 e. The minimum atomic E-state index is -0.384. The Morgan fingerprint density at radius 1 is 1.18 bits per heavy atom. The van der Waals surface area contributed by atoms with Crippen molar-refractivity contribution in [3.8, 4) is 22.6 Å². The third-order valence-corrected chi connectivity index (χ3v) is 6.65. The second-order valence-corrected chi connectivity index (χ2v) is 9.03. The van der Waals surface area contributed by atoms with Crippen LogP contribution >= 0.6 is 11.3 Å². The molecule has 4 aromatic rings. The van der Waals surface area contributed by atoms with E-state index in [0.29, 0.717) is 29.5 Å². The van der Waals surface area contributed by atoms with Gasteiger partial charge in [-0.05, 0) is 50.5 Å². The lowest BCUT2D eigenvalue weighted by atomic mass is 10.0. The van der Waals surface area contributed by atoms with Crippen LogP contribution in [0.4, 0.5) is 0 Å². The number of aryl methyl sites for hydroxylation is 1. The lowest BCUT2D eigenvalue weighted by Crippen LogP contribution is -2.30. The number of nitrogens with zero attached hydrogens (tertiary/aromatic N) is 6. The van der Waals surface area contributed by atoms with Crippen LogP contribution in [0.3, 0.4) is 0 Å². The molecular formula is C23H23N7O2S. The summed E-state index contributed by atoms with van der Waals surface area (Å²) in [6, 6.07) is 5.13. The molecule has 10 heteroatoms. The van der Waals surface area contributed by atoms with Gasteiger partial charge in [0.2, 0.25) is 11.8 Å². The average molecular weight is 462 g/mol. The molecular weight excluding hydrogens is 438 g/mol. The van der Waals surface area contributed by atoms with E-state index < -0.39 is 0 Å². The number of hydrogen-bond acceptors (Lipinski definition) is 9. The van der Waals surface area contributed by atoms with Gasteiger partial charge < -0.3 is 15.1 Å². The van der Waals surface area contributed by atoms with Crippen LogP contribution in [0.25, 0.3) is 22.6 Å². The summed E-state index contributed by atoms with van der Waals surface area (Å²) >= 11 is 1.60. The summed E-state index contributed by atoms with van der Waals surface area (Å²) in [6.07, 6.45) is 6.73. The van der Waals surface area contributed by atoms with Gasteiger partial charge in [0.15, 0.2) is 0 Å². The van der Waals surface area contributed by atoms with Gasteiger partial charge >= 0.3 is 0 Å². The van der Waals surface area contributed by atoms with E-state index in [4.69, 9.17) is 10.2 Å². The number of carbonyl (C=O) groups is 1. The van der Waals surface area contributed by atoms with Crippen LogP contribution in [0.1, 0.15) is 58.8 Å². The Hall–Kier alpha value is -3.50. The van der Waals surface area contributed by atoms with Gasteiger partial charge in [0.05, 0.1) is 12.1 Å². The van der Waals surface area contributed by atoms with Gasteiger partial charge in [-0.1, -0.05) is 0 Å². The summed E-state index contributed by atoms with van der Waals surface area (Å²) in [5, 5.41) is 11.2. The molecule has 2 N–H and O–H groups in total. The Bertz CT molecular complexity index is 1280. The van der Waals surface area contributed by atoms with E-state index in [1.54, 1.807) is 36.7 Å². The Kier molecular flexibility index (Phi) is 5.69. The number of nitrogens with two attached hydrogens (primary N) is 1. The van der Waals surface area contributed by atoms with Crippen LogP contribution in [0.2, 0.25) is 0 Å². The lowest BCUT2D eigenvalue weighted by Gasteiger charge is -2.23. The highest BCUT2D eigenvalue weighted by molar-refractivity contribution is 7.09. The van der Waals surface area contributed by atoms with E-state index in [0.717, 1.165) is 34.7 Å². The molecule has 4 heterocycles. The first kappa shape index (κ1) is 21.4. The smallest absolute Gasteiger partial charge is 0.254 e. The molecule has 1 amide bonds. The van der Waals surface area contributed by atoms with Gasteiger partial charge in [0.25, 0.3) is 5.91 Å². The van der Waals surface area contributed by atoms with Crippen LogP contribution in [0.15, 0.2) is 46.7 Å². The number of thiazole rings is 1. The molecule has 1 aromatic carbocycles. The topological polar surface area (TPSA) is 124 Å². The zero-order valence-corrected chi connectivity index (χ0v) is 19.1. The SMILES string of the molecule is Cc1csc([C@H]2CCCN2C(=O)c2cc(-c3cncnc3)cc(-c3nnc([C@H](C)N)o3)c2)n1. The Morgan fingerprint density at radius 3 is 2.67 bits per heavy atom. The first-order valence-electron chi connectivity index (χ1n) is 10.7. The number of benzene rings is 1. The molecule has 5 rings (SSSR count). The quantitative estimate of drug-likeness (QED) is 0.474. The predicted octanol–water partition coefficient (Wildman–Crippen LogP) is 3.96. The maximum atomic E-state index is 13.7. The van der Waals surface area contributed by atoms with Gasteiger partial charge in [-0.15, -0.1) is 21.5 Å². The molecule has 0 spiro atoms. The predicted molar refractivity (Wildman–Crippen MR) is 123 cm³/mol. The summed E-state index contributed by atoms with van der Waals surface area (Å²) in [6.45, 7) is 4.43. The van der Waals surface area contributed by atoms with E-state index in [9.17, 15) is 4.79 Å². The number of carbonyl (C=O) groups excluding carboxylic acids is 1. The molecule has 0 radical (unpaired) electrons. The zero-order valence-electron chi connectivity index (χ0n) is 18.3. The number of hydrogen-bond donors (Lipinski definition) is 1. The Morgan fingerprint density at radius 2 is 1.97 bits per heavy atom. The van der Waals surface area contributed by atoms with E-state index in [-0.39, 0.29) is 18.0 Å². The van der Waals surface area contributed by atoms with Crippen LogP contribution in [0.5, 0.6) is 0 Å². The van der Waals surface area contributed by atoms with Crippen molar-refractivity contribution in [1.29, 1.82) is 0 Å². The molecule has 33 heavy (non-hydrogen) atoms. The monoisotopic (exact) mass is 461 g/mol. The molecule has 0 aliphatic carbocycles. The number of likely N-dealkylation sites (tertiary alicyclic amines) is 1. The first-order valence-corrected chi connectivity index (χ1v) is 11.6. The van der Waals surface area contributed by atoms with E-state index in [1.807, 2.05) is 29.3 Å². The molecule has 168 valence electrons. The molecule has 2 atom stereocenters. The highest BCUT2D eigenvalue weighted by atomic mass is 32.1. The molecule has 1 fully saturated rings. The Balaban J connectivity index is 1.56. The van der Waals surface area contributed by atoms with Crippen molar-refractivity contribution in [2.45, 2.75) is 38.8 Å². The third kappa shape index (κ3) is 4.27. The van der Waals surface area contributed by atoms with Gasteiger partial charge in [-0.3, -0.25) is 4.79 Å². The Labute approximate surface area is 194 Å². The van der Waals surface area contributed by atoms with Crippen LogP contribution in [-0.4, -0.2) is 42.5 Å².